The molecule has 31 nitrogen and oxygen atoms in total. The van der Waals surface area contributed by atoms with Crippen LogP contribution in [0, 0.1) is 23.7 Å². The van der Waals surface area contributed by atoms with Crippen LogP contribution in [-0.4, -0.2) is 241 Å². The Balaban J connectivity index is 1.66. The molecule has 0 bridgehead atoms. The fourth-order valence-corrected chi connectivity index (χ4v) is 9.34. The molecular weight excluding hydrogens is 1100 g/mol. The molecule has 0 aromatic carbocycles. The summed E-state index contributed by atoms with van der Waals surface area (Å²) < 4.78 is 23.1. The number of ether oxygens (including phenoxy) is 4. The van der Waals surface area contributed by atoms with Crippen molar-refractivity contribution < 1.29 is 103 Å². The van der Waals surface area contributed by atoms with Crippen molar-refractivity contribution in [2.75, 3.05) is 19.8 Å². The predicted molar refractivity (Wildman–Crippen MR) is 289 cm³/mol. The van der Waals surface area contributed by atoms with Gasteiger partial charge in [-0.2, -0.15) is 0 Å². The number of aliphatic hydroxyl groups is 6. The standard InChI is InChI=1S/C52H90N10O21/c1-19(2)32(46(74)56-25(11)50(78)79)59-48(76)34(21(5)6)60-47(75)33(20(3)4)58-43(71)24(10)54-42(70)23(9)55-44(72)28-15-14-16-62(28)49(77)35(22(7)8)61-45(73)31(53)26(12)80-51-36(57-27(13)65)41(38(67)30(18-64)81-51)83-52-40(69)39(68)37(66)29(17-63)82-52/h19-26,28-41,51-52,63-64,66-69H,14-18,53H2,1-13H3,(H,54,70)(H,55,72)(H,56,74)(H,57,65)(H,58,71)(H,59,76)(H,60,75)(H,61,73)(H,78,79)/t23?,24-,25-,26?,28-,29?,30?,31-,32?,33?,34?,35?,36?,37-,38-,39?,40-,41+,51-,52-/m0/s1. The minimum Gasteiger partial charge on any atom is -0.480 e. The van der Waals surface area contributed by atoms with E-state index in [0.717, 1.165) is 6.92 Å². The van der Waals surface area contributed by atoms with E-state index < -0.39 is 218 Å². The quantitative estimate of drug-likeness (QED) is 0.0346. The molecule has 3 heterocycles. The van der Waals surface area contributed by atoms with Gasteiger partial charge in [-0.1, -0.05) is 55.4 Å². The van der Waals surface area contributed by atoms with E-state index in [4.69, 9.17) is 24.7 Å². The summed E-state index contributed by atoms with van der Waals surface area (Å²) in [5, 5.41) is 91.9. The van der Waals surface area contributed by atoms with Crippen molar-refractivity contribution in [2.24, 2.45) is 29.4 Å². The van der Waals surface area contributed by atoms with E-state index in [1.165, 1.54) is 32.6 Å². The zero-order valence-electron chi connectivity index (χ0n) is 49.3. The van der Waals surface area contributed by atoms with Crippen molar-refractivity contribution in [3.8, 4) is 0 Å². The van der Waals surface area contributed by atoms with Crippen LogP contribution in [-0.2, 0) is 66.9 Å². The number of nitrogens with zero attached hydrogens (tertiary/aromatic N) is 1. The molecule has 3 saturated heterocycles. The number of aliphatic hydroxyl groups excluding tert-OH is 6. The molecule has 17 N–H and O–H groups in total. The lowest BCUT2D eigenvalue weighted by Crippen LogP contribution is -2.68. The zero-order chi connectivity index (χ0) is 63.2. The molecule has 3 fully saturated rings. The smallest absolute Gasteiger partial charge is 0.325 e. The van der Waals surface area contributed by atoms with Crippen LogP contribution in [0.2, 0.25) is 0 Å². The number of likely N-dealkylation sites (tertiary alicyclic amines) is 1. The van der Waals surface area contributed by atoms with Gasteiger partial charge in [-0.15, -0.1) is 0 Å². The van der Waals surface area contributed by atoms with Crippen LogP contribution in [0.1, 0.15) is 103 Å². The van der Waals surface area contributed by atoms with Crippen molar-refractivity contribution >= 4 is 59.1 Å². The number of carbonyl (C=O) groups is 10. The maximum Gasteiger partial charge on any atom is 0.325 e. The average Bonchev–Trinajstić information content (AvgIpc) is 3.79. The highest BCUT2D eigenvalue weighted by Gasteiger charge is 2.52. The first kappa shape index (κ1) is 71.5. The largest absolute Gasteiger partial charge is 0.480 e. The van der Waals surface area contributed by atoms with E-state index in [9.17, 15) is 83.7 Å². The summed E-state index contributed by atoms with van der Waals surface area (Å²) in [6.07, 6.45) is -16.1. The van der Waals surface area contributed by atoms with Gasteiger partial charge in [0, 0.05) is 13.5 Å². The Morgan fingerprint density at radius 1 is 0.554 bits per heavy atom. The van der Waals surface area contributed by atoms with Crippen LogP contribution < -0.4 is 48.3 Å². The van der Waals surface area contributed by atoms with Crippen molar-refractivity contribution in [1.82, 2.24) is 47.4 Å². The highest BCUT2D eigenvalue weighted by Crippen LogP contribution is 2.31. The lowest BCUT2D eigenvalue weighted by Gasteiger charge is -2.48. The number of amides is 9. The van der Waals surface area contributed by atoms with Gasteiger partial charge in [0.1, 0.15) is 103 Å². The Morgan fingerprint density at radius 2 is 0.988 bits per heavy atom. The molecule has 0 spiro atoms. The second kappa shape index (κ2) is 32.0. The Kier molecular flexibility index (Phi) is 27.5. The van der Waals surface area contributed by atoms with Crippen molar-refractivity contribution in [1.29, 1.82) is 0 Å². The maximum absolute atomic E-state index is 14.2. The van der Waals surface area contributed by atoms with Gasteiger partial charge in [-0.3, -0.25) is 47.9 Å². The molecule has 31 heteroatoms. The van der Waals surface area contributed by atoms with E-state index in [2.05, 4.69) is 42.5 Å². The Morgan fingerprint density at radius 3 is 1.47 bits per heavy atom. The molecule has 3 aliphatic heterocycles. The second-order valence-electron chi connectivity index (χ2n) is 22.7. The van der Waals surface area contributed by atoms with Crippen molar-refractivity contribution in [3.63, 3.8) is 0 Å². The fraction of sp³-hybridized carbons (Fsp3) is 0.808. The lowest BCUT2D eigenvalue weighted by molar-refractivity contribution is -0.347. The number of rotatable bonds is 28. The monoisotopic (exact) mass is 1190 g/mol. The molecule has 0 saturated carbocycles. The van der Waals surface area contributed by atoms with E-state index in [1.807, 2.05) is 0 Å². The summed E-state index contributed by atoms with van der Waals surface area (Å²) in [6, 6.07) is -12.8. The number of carboxylic acid groups (broad SMARTS) is 1. The van der Waals surface area contributed by atoms with Gasteiger partial charge < -0.3 is 108 Å². The molecule has 20 atom stereocenters. The highest BCUT2D eigenvalue weighted by atomic mass is 16.7. The third-order valence-electron chi connectivity index (χ3n) is 14.6. The summed E-state index contributed by atoms with van der Waals surface area (Å²) in [7, 11) is 0. The molecule has 0 aromatic rings. The minimum absolute atomic E-state index is 0.0872. The van der Waals surface area contributed by atoms with E-state index in [1.54, 1.807) is 55.4 Å². The number of carboxylic acids is 1. The highest BCUT2D eigenvalue weighted by molar-refractivity contribution is 5.98. The molecule has 0 aromatic heterocycles. The van der Waals surface area contributed by atoms with Gasteiger partial charge in [0.15, 0.2) is 12.6 Å². The van der Waals surface area contributed by atoms with Gasteiger partial charge >= 0.3 is 5.97 Å². The van der Waals surface area contributed by atoms with Gasteiger partial charge in [-0.25, -0.2) is 0 Å². The first-order chi connectivity index (χ1) is 38.6. The van der Waals surface area contributed by atoms with Crippen LogP contribution in [0.25, 0.3) is 0 Å². The third kappa shape index (κ3) is 19.1. The third-order valence-corrected chi connectivity index (χ3v) is 14.6. The normalized spacial score (nSPS) is 27.9. The van der Waals surface area contributed by atoms with Gasteiger partial charge in [0.25, 0.3) is 0 Å². The van der Waals surface area contributed by atoms with E-state index in [0.29, 0.717) is 6.42 Å². The number of hydrogen-bond donors (Lipinski definition) is 16. The summed E-state index contributed by atoms with van der Waals surface area (Å²) in [6.45, 7) is 17.9. The topological polar surface area (TPSA) is 475 Å². The van der Waals surface area contributed by atoms with Crippen LogP contribution in [0.5, 0.6) is 0 Å². The van der Waals surface area contributed by atoms with Crippen LogP contribution in [0.15, 0.2) is 0 Å². The first-order valence-corrected chi connectivity index (χ1v) is 27.8. The Bertz CT molecular complexity index is 2260. The van der Waals surface area contributed by atoms with Gasteiger partial charge in [0.05, 0.1) is 19.3 Å². The van der Waals surface area contributed by atoms with Gasteiger partial charge in [-0.05, 0) is 64.2 Å². The van der Waals surface area contributed by atoms with Gasteiger partial charge in [0.2, 0.25) is 53.2 Å². The molecular formula is C52H90N10O21. The number of hydrogen-bond acceptors (Lipinski definition) is 21. The molecule has 83 heavy (non-hydrogen) atoms. The first-order valence-electron chi connectivity index (χ1n) is 27.8. The van der Waals surface area contributed by atoms with Crippen molar-refractivity contribution in [2.45, 2.75) is 225 Å². The van der Waals surface area contributed by atoms with Crippen LogP contribution in [0.4, 0.5) is 0 Å². The van der Waals surface area contributed by atoms with Crippen molar-refractivity contribution in [3.05, 3.63) is 0 Å². The molecule has 10 unspecified atom stereocenters. The summed E-state index contributed by atoms with van der Waals surface area (Å²) in [5.74, 6) is -10.2. The van der Waals surface area contributed by atoms with Crippen LogP contribution in [0.3, 0.4) is 0 Å². The number of nitrogens with one attached hydrogen (secondary N) is 8. The molecule has 0 radical (unpaired) electrons. The van der Waals surface area contributed by atoms with Crippen LogP contribution >= 0.6 is 0 Å². The molecule has 3 aliphatic rings. The molecule has 474 valence electrons. The number of carbonyl (C=O) groups excluding carboxylic acids is 9. The number of aliphatic carboxylic acids is 1. The van der Waals surface area contributed by atoms with E-state index >= 15 is 0 Å². The predicted octanol–water partition coefficient (Wildman–Crippen LogP) is -6.36. The van der Waals surface area contributed by atoms with E-state index in [-0.39, 0.29) is 13.0 Å². The number of nitrogens with two attached hydrogens (primary N) is 1. The second-order valence-corrected chi connectivity index (χ2v) is 22.7. The summed E-state index contributed by atoms with van der Waals surface area (Å²) >= 11 is 0. The fourth-order valence-electron chi connectivity index (χ4n) is 9.34. The molecule has 9 amide bonds. The zero-order valence-corrected chi connectivity index (χ0v) is 49.3. The molecule has 0 aliphatic carbocycles. The Hall–Kier alpha value is -5.74. The molecule has 3 rings (SSSR count). The minimum atomic E-state index is -1.93. The summed E-state index contributed by atoms with van der Waals surface area (Å²) in [5.41, 5.74) is 6.38. The average molecular weight is 1190 g/mol. The SMILES string of the molecule is CC(=O)NC1[C@@H](OC(C)[C@H](N)C(=O)NC(C(=O)N2CCC[C@H]2C(=O)NC(C)C(=O)N[C@@H](C)C(=O)NC(C(=O)NC(C(=O)NC(C(=O)N[C@@H](C)C(=O)O)C(C)C)C(C)C)C(C)C)C(C)C)OC(CO)[C@H](O)[C@@H]1O[C@@H]1OC(CO)[C@H](O)C(O)[C@@H]1O. The lowest BCUT2D eigenvalue weighted by atomic mass is 9.95. The summed E-state index contributed by atoms with van der Waals surface area (Å²) in [4.78, 5) is 134. The maximum atomic E-state index is 14.2. The Labute approximate surface area is 481 Å².